The number of benzene rings is 2. The third-order valence-corrected chi connectivity index (χ3v) is 5.88. The molecular weight excluding hydrogens is 459 g/mol. The highest BCUT2D eigenvalue weighted by Crippen LogP contribution is 2.29. The SMILES string of the molecule is CC(C)CC(=O)Nc1cccc(CNC(=O)C2CCN(C(=O)c3ccc(C(F)(F)F)cc3)CC2)c1. The topological polar surface area (TPSA) is 78.5 Å². The van der Waals surface area contributed by atoms with Crippen molar-refractivity contribution in [3.63, 3.8) is 0 Å². The van der Waals surface area contributed by atoms with Gasteiger partial charge in [0.25, 0.3) is 5.91 Å². The van der Waals surface area contributed by atoms with E-state index in [9.17, 15) is 27.6 Å². The molecule has 0 unspecified atom stereocenters. The minimum absolute atomic E-state index is 0.0567. The maximum absolute atomic E-state index is 12.7. The second-order valence-corrected chi connectivity index (χ2v) is 9.21. The predicted octanol–water partition coefficient (Wildman–Crippen LogP) is 4.86. The zero-order chi connectivity index (χ0) is 25.6. The molecule has 1 aliphatic rings. The Morgan fingerprint density at radius 2 is 1.69 bits per heavy atom. The third-order valence-electron chi connectivity index (χ3n) is 5.88. The molecule has 0 radical (unpaired) electrons. The summed E-state index contributed by atoms with van der Waals surface area (Å²) in [6, 6.07) is 11.5. The van der Waals surface area contributed by atoms with Gasteiger partial charge in [-0.25, -0.2) is 0 Å². The van der Waals surface area contributed by atoms with Gasteiger partial charge in [0, 0.05) is 43.2 Å². The van der Waals surface area contributed by atoms with Crippen LogP contribution in [-0.2, 0) is 22.3 Å². The number of halogens is 3. The fraction of sp³-hybridized carbons (Fsp3) is 0.423. The number of carbonyl (C=O) groups excluding carboxylic acids is 3. The van der Waals surface area contributed by atoms with Crippen molar-refractivity contribution in [2.75, 3.05) is 18.4 Å². The number of anilines is 1. The number of rotatable bonds is 7. The van der Waals surface area contributed by atoms with Gasteiger partial charge in [-0.2, -0.15) is 13.2 Å². The van der Waals surface area contributed by atoms with Crippen LogP contribution in [0.5, 0.6) is 0 Å². The molecule has 0 bridgehead atoms. The number of carbonyl (C=O) groups is 3. The van der Waals surface area contributed by atoms with Crippen LogP contribution in [0.25, 0.3) is 0 Å². The number of nitrogens with one attached hydrogen (secondary N) is 2. The van der Waals surface area contributed by atoms with Gasteiger partial charge in [-0.15, -0.1) is 0 Å². The molecule has 1 fully saturated rings. The summed E-state index contributed by atoms with van der Waals surface area (Å²) in [5.74, 6) is -0.497. The molecule has 0 spiro atoms. The van der Waals surface area contributed by atoms with E-state index in [4.69, 9.17) is 0 Å². The molecule has 0 saturated carbocycles. The number of alkyl halides is 3. The highest BCUT2D eigenvalue weighted by atomic mass is 19.4. The Labute approximate surface area is 202 Å². The van der Waals surface area contributed by atoms with Gasteiger partial charge in [0.05, 0.1) is 5.56 Å². The zero-order valence-electron chi connectivity index (χ0n) is 19.8. The molecule has 0 atom stereocenters. The summed E-state index contributed by atoms with van der Waals surface area (Å²) in [6.45, 7) is 4.98. The number of amides is 3. The summed E-state index contributed by atoms with van der Waals surface area (Å²) < 4.78 is 38.2. The van der Waals surface area contributed by atoms with Gasteiger partial charge in [0.2, 0.25) is 11.8 Å². The lowest BCUT2D eigenvalue weighted by Gasteiger charge is -2.31. The first-order valence-electron chi connectivity index (χ1n) is 11.7. The summed E-state index contributed by atoms with van der Waals surface area (Å²) >= 11 is 0. The van der Waals surface area contributed by atoms with Gasteiger partial charge in [-0.05, 0) is 60.7 Å². The maximum atomic E-state index is 12.7. The summed E-state index contributed by atoms with van der Waals surface area (Å²) in [7, 11) is 0. The first-order chi connectivity index (χ1) is 16.5. The van der Waals surface area contributed by atoms with E-state index < -0.39 is 11.7 Å². The second kappa shape index (κ2) is 11.4. The van der Waals surface area contributed by atoms with Crippen molar-refractivity contribution in [2.24, 2.45) is 11.8 Å². The molecule has 1 heterocycles. The fourth-order valence-electron chi connectivity index (χ4n) is 4.00. The summed E-state index contributed by atoms with van der Waals surface area (Å²) in [6.07, 6.45) is -3.07. The molecule has 0 aromatic heterocycles. The lowest BCUT2D eigenvalue weighted by atomic mass is 9.95. The van der Waals surface area contributed by atoms with Gasteiger partial charge in [0.15, 0.2) is 0 Å². The van der Waals surface area contributed by atoms with Crippen LogP contribution in [0.4, 0.5) is 18.9 Å². The Kier molecular flexibility index (Phi) is 8.53. The highest BCUT2D eigenvalue weighted by Gasteiger charge is 2.31. The molecule has 3 amide bonds. The minimum atomic E-state index is -4.45. The molecule has 2 aromatic carbocycles. The number of hydrogen-bond acceptors (Lipinski definition) is 3. The van der Waals surface area contributed by atoms with Crippen LogP contribution >= 0.6 is 0 Å². The van der Waals surface area contributed by atoms with Crippen molar-refractivity contribution in [1.82, 2.24) is 10.2 Å². The van der Waals surface area contributed by atoms with Crippen molar-refractivity contribution in [3.8, 4) is 0 Å². The number of nitrogens with zero attached hydrogens (tertiary/aromatic N) is 1. The van der Waals surface area contributed by atoms with E-state index in [0.717, 1.165) is 17.7 Å². The predicted molar refractivity (Wildman–Crippen MR) is 126 cm³/mol. The number of hydrogen-bond donors (Lipinski definition) is 2. The summed E-state index contributed by atoms with van der Waals surface area (Å²) in [4.78, 5) is 38.8. The van der Waals surface area contributed by atoms with E-state index >= 15 is 0 Å². The maximum Gasteiger partial charge on any atom is 0.416 e. The fourth-order valence-corrected chi connectivity index (χ4v) is 4.00. The van der Waals surface area contributed by atoms with E-state index in [-0.39, 0.29) is 35.1 Å². The molecule has 35 heavy (non-hydrogen) atoms. The quantitative estimate of drug-likeness (QED) is 0.583. The van der Waals surface area contributed by atoms with Crippen molar-refractivity contribution >= 4 is 23.4 Å². The van der Waals surface area contributed by atoms with E-state index in [2.05, 4.69) is 10.6 Å². The minimum Gasteiger partial charge on any atom is -0.352 e. The molecule has 188 valence electrons. The lowest BCUT2D eigenvalue weighted by molar-refractivity contribution is -0.137. The van der Waals surface area contributed by atoms with Crippen molar-refractivity contribution in [2.45, 2.75) is 45.8 Å². The molecule has 2 aromatic rings. The first-order valence-corrected chi connectivity index (χ1v) is 11.7. The molecule has 1 saturated heterocycles. The molecular formula is C26H30F3N3O3. The van der Waals surface area contributed by atoms with Crippen LogP contribution in [0.15, 0.2) is 48.5 Å². The highest BCUT2D eigenvalue weighted by molar-refractivity contribution is 5.94. The summed E-state index contributed by atoms with van der Waals surface area (Å²) in [5, 5.41) is 5.78. The van der Waals surface area contributed by atoms with E-state index in [1.165, 1.54) is 12.1 Å². The monoisotopic (exact) mass is 489 g/mol. The molecule has 3 rings (SSSR count). The smallest absolute Gasteiger partial charge is 0.352 e. The van der Waals surface area contributed by atoms with Gasteiger partial charge < -0.3 is 15.5 Å². The third kappa shape index (κ3) is 7.56. The van der Waals surface area contributed by atoms with E-state index in [1.807, 2.05) is 32.0 Å². The summed E-state index contributed by atoms with van der Waals surface area (Å²) in [5.41, 5.74) is 0.933. The largest absolute Gasteiger partial charge is 0.416 e. The van der Waals surface area contributed by atoms with Crippen molar-refractivity contribution in [3.05, 3.63) is 65.2 Å². The van der Waals surface area contributed by atoms with Gasteiger partial charge in [-0.3, -0.25) is 14.4 Å². The van der Waals surface area contributed by atoms with Crippen LogP contribution < -0.4 is 10.6 Å². The Hall–Kier alpha value is -3.36. The first kappa shape index (κ1) is 26.2. The Balaban J connectivity index is 1.47. The lowest BCUT2D eigenvalue weighted by Crippen LogP contribution is -2.42. The van der Waals surface area contributed by atoms with Gasteiger partial charge in [-0.1, -0.05) is 26.0 Å². The average molecular weight is 490 g/mol. The van der Waals surface area contributed by atoms with Crippen LogP contribution in [0.1, 0.15) is 54.6 Å². The van der Waals surface area contributed by atoms with Crippen LogP contribution in [-0.4, -0.2) is 35.7 Å². The van der Waals surface area contributed by atoms with Crippen LogP contribution in [0, 0.1) is 11.8 Å². The molecule has 1 aliphatic heterocycles. The standard InChI is InChI=1S/C26H30F3N3O3/c1-17(2)14-23(33)31-22-5-3-4-18(15-22)16-30-24(34)19-10-12-32(13-11-19)25(35)20-6-8-21(9-7-20)26(27,28)29/h3-9,15,17,19H,10-14,16H2,1-2H3,(H,30,34)(H,31,33). The van der Waals surface area contributed by atoms with Crippen molar-refractivity contribution in [1.29, 1.82) is 0 Å². The number of likely N-dealkylation sites (tertiary alicyclic amines) is 1. The molecule has 6 nitrogen and oxygen atoms in total. The van der Waals surface area contributed by atoms with Gasteiger partial charge in [0.1, 0.15) is 0 Å². The van der Waals surface area contributed by atoms with Crippen LogP contribution in [0.2, 0.25) is 0 Å². The normalized spacial score (nSPS) is 14.6. The van der Waals surface area contributed by atoms with Crippen molar-refractivity contribution < 1.29 is 27.6 Å². The van der Waals surface area contributed by atoms with Gasteiger partial charge >= 0.3 is 6.18 Å². The Morgan fingerprint density at radius 1 is 1.03 bits per heavy atom. The average Bonchev–Trinajstić information content (AvgIpc) is 2.81. The molecule has 2 N–H and O–H groups in total. The molecule has 0 aliphatic carbocycles. The number of piperidine rings is 1. The zero-order valence-corrected chi connectivity index (χ0v) is 19.8. The van der Waals surface area contributed by atoms with Crippen LogP contribution in [0.3, 0.4) is 0 Å². The molecule has 9 heteroatoms. The van der Waals surface area contributed by atoms with E-state index in [1.54, 1.807) is 11.0 Å². The van der Waals surface area contributed by atoms with E-state index in [0.29, 0.717) is 44.6 Å². The second-order valence-electron chi connectivity index (χ2n) is 9.21. The Bertz CT molecular complexity index is 1040. The Morgan fingerprint density at radius 3 is 2.29 bits per heavy atom.